The average Bonchev–Trinajstić information content (AvgIpc) is 2.35. The number of hydrogen-bond acceptors (Lipinski definition) is 5. The maximum absolute atomic E-state index is 12.0. The summed E-state index contributed by atoms with van der Waals surface area (Å²) in [6.07, 6.45) is -0.293. The van der Waals surface area contributed by atoms with Crippen LogP contribution < -0.4 is 5.56 Å². The fourth-order valence-electron chi connectivity index (χ4n) is 2.28. The largest absolute Gasteiger partial charge is 0.506 e. The molecule has 2 rings (SSSR count). The molecule has 2 heterocycles. The first-order chi connectivity index (χ1) is 10.1. The van der Waals surface area contributed by atoms with Crippen LogP contribution in [0.25, 0.3) is 0 Å². The number of carboxylic acids is 1. The van der Waals surface area contributed by atoms with Crippen molar-refractivity contribution in [2.45, 2.75) is 39.3 Å². The fourth-order valence-corrected chi connectivity index (χ4v) is 2.28. The van der Waals surface area contributed by atoms with E-state index in [4.69, 9.17) is 9.84 Å². The van der Waals surface area contributed by atoms with Gasteiger partial charge in [-0.25, -0.2) is 9.59 Å². The van der Waals surface area contributed by atoms with Crippen molar-refractivity contribution in [2.75, 3.05) is 6.54 Å². The molecular formula is C14H18N2O6. The fraction of sp³-hybridized carbons (Fsp3) is 0.500. The Balaban J connectivity index is 2.31. The zero-order valence-electron chi connectivity index (χ0n) is 12.6. The Morgan fingerprint density at radius 3 is 2.50 bits per heavy atom. The molecule has 8 heteroatoms. The van der Waals surface area contributed by atoms with Crippen LogP contribution in [0.3, 0.4) is 0 Å². The zero-order chi connectivity index (χ0) is 16.7. The van der Waals surface area contributed by atoms with E-state index in [0.717, 1.165) is 0 Å². The molecule has 0 aliphatic carbocycles. The number of nitrogens with zero attached hydrogens (tertiary/aromatic N) is 1. The normalized spacial score (nSPS) is 14.4. The van der Waals surface area contributed by atoms with Crippen molar-refractivity contribution in [1.29, 1.82) is 0 Å². The van der Waals surface area contributed by atoms with E-state index < -0.39 is 34.5 Å². The number of H-pyrrole nitrogens is 1. The highest BCUT2D eigenvalue weighted by atomic mass is 16.6. The van der Waals surface area contributed by atoms with Gasteiger partial charge in [0.1, 0.15) is 11.4 Å². The Hall–Kier alpha value is -2.51. The minimum absolute atomic E-state index is 0.0486. The number of rotatable bonds is 1. The molecule has 3 N–H and O–H groups in total. The molecule has 22 heavy (non-hydrogen) atoms. The molecule has 0 saturated heterocycles. The first-order valence-corrected chi connectivity index (χ1v) is 6.78. The van der Waals surface area contributed by atoms with Crippen LogP contribution >= 0.6 is 0 Å². The summed E-state index contributed by atoms with van der Waals surface area (Å²) in [5.41, 5.74) is -1.54. The molecular weight excluding hydrogens is 292 g/mol. The monoisotopic (exact) mass is 310 g/mol. The summed E-state index contributed by atoms with van der Waals surface area (Å²) in [6.45, 7) is 5.55. The van der Waals surface area contributed by atoms with Crippen LogP contribution in [0.4, 0.5) is 4.79 Å². The van der Waals surface area contributed by atoms with E-state index in [2.05, 4.69) is 4.98 Å². The topological polar surface area (TPSA) is 120 Å². The highest BCUT2D eigenvalue weighted by Gasteiger charge is 2.30. The minimum Gasteiger partial charge on any atom is -0.506 e. The highest BCUT2D eigenvalue weighted by molar-refractivity contribution is 5.91. The molecule has 0 radical (unpaired) electrons. The van der Waals surface area contributed by atoms with Crippen molar-refractivity contribution in [2.24, 2.45) is 0 Å². The third-order valence-electron chi connectivity index (χ3n) is 3.22. The summed E-state index contributed by atoms with van der Waals surface area (Å²) in [5, 5.41) is 18.9. The van der Waals surface area contributed by atoms with Crippen LogP contribution in [-0.2, 0) is 17.7 Å². The molecule has 0 unspecified atom stereocenters. The van der Waals surface area contributed by atoms with Crippen molar-refractivity contribution in [1.82, 2.24) is 9.88 Å². The molecule has 1 aliphatic heterocycles. The molecule has 0 bridgehead atoms. The Bertz CT molecular complexity index is 686. The number of fused-ring (bicyclic) bond motifs is 1. The number of aromatic amines is 1. The summed E-state index contributed by atoms with van der Waals surface area (Å²) in [4.78, 5) is 38.6. The number of aromatic hydroxyl groups is 1. The predicted molar refractivity (Wildman–Crippen MR) is 76.0 cm³/mol. The first kappa shape index (κ1) is 15.9. The van der Waals surface area contributed by atoms with Gasteiger partial charge in [0.15, 0.2) is 5.56 Å². The number of ether oxygens (including phenoxy) is 1. The van der Waals surface area contributed by atoms with Crippen molar-refractivity contribution in [3.63, 3.8) is 0 Å². The maximum Gasteiger partial charge on any atom is 0.410 e. The quantitative estimate of drug-likeness (QED) is 0.713. The minimum atomic E-state index is -1.49. The van der Waals surface area contributed by atoms with Gasteiger partial charge < -0.3 is 24.8 Å². The number of carboxylic acid groups (broad SMARTS) is 1. The maximum atomic E-state index is 12.0. The Morgan fingerprint density at radius 2 is 1.95 bits per heavy atom. The van der Waals surface area contributed by atoms with Crippen LogP contribution in [-0.4, -0.2) is 44.3 Å². The van der Waals surface area contributed by atoms with Crippen LogP contribution in [0, 0.1) is 0 Å². The Morgan fingerprint density at radius 1 is 1.32 bits per heavy atom. The van der Waals surface area contributed by atoms with Gasteiger partial charge in [-0.15, -0.1) is 0 Å². The van der Waals surface area contributed by atoms with Gasteiger partial charge in [0.2, 0.25) is 0 Å². The lowest BCUT2D eigenvalue weighted by atomic mass is 10.0. The number of hydrogen-bond donors (Lipinski definition) is 3. The lowest BCUT2D eigenvalue weighted by Crippen LogP contribution is -2.41. The third kappa shape index (κ3) is 3.05. The number of carbonyl (C=O) groups excluding carboxylic acids is 1. The molecule has 1 aromatic rings. The van der Waals surface area contributed by atoms with E-state index in [1.807, 2.05) is 0 Å². The standard InChI is InChI=1S/C14H18N2O6/c1-14(2,3)22-13(21)16-5-4-7-8(6-16)15-11(18)9(10(7)17)12(19)20/h4-6H2,1-3H3,(H,19,20)(H2,15,17,18). The molecule has 0 fully saturated rings. The lowest BCUT2D eigenvalue weighted by Gasteiger charge is -2.31. The first-order valence-electron chi connectivity index (χ1n) is 6.78. The number of amides is 1. The lowest BCUT2D eigenvalue weighted by molar-refractivity contribution is 0.0219. The number of pyridine rings is 1. The molecule has 0 atom stereocenters. The molecule has 120 valence electrons. The van der Waals surface area contributed by atoms with Crippen LogP contribution in [0.2, 0.25) is 0 Å². The number of aromatic carboxylic acids is 1. The van der Waals surface area contributed by atoms with E-state index in [0.29, 0.717) is 11.3 Å². The number of nitrogens with one attached hydrogen (secondary N) is 1. The molecule has 0 spiro atoms. The number of aromatic nitrogens is 1. The van der Waals surface area contributed by atoms with Gasteiger partial charge in [-0.2, -0.15) is 0 Å². The average molecular weight is 310 g/mol. The highest BCUT2D eigenvalue weighted by Crippen LogP contribution is 2.27. The smallest absolute Gasteiger partial charge is 0.410 e. The van der Waals surface area contributed by atoms with Crippen LogP contribution in [0.1, 0.15) is 42.4 Å². The summed E-state index contributed by atoms with van der Waals surface area (Å²) in [7, 11) is 0. The van der Waals surface area contributed by atoms with E-state index >= 15 is 0 Å². The molecule has 1 aliphatic rings. The SMILES string of the molecule is CC(C)(C)OC(=O)N1CCc2c([nH]c(=O)c(C(=O)O)c2O)C1. The molecule has 0 aromatic carbocycles. The van der Waals surface area contributed by atoms with Gasteiger partial charge in [0.25, 0.3) is 5.56 Å². The van der Waals surface area contributed by atoms with Crippen molar-refractivity contribution >= 4 is 12.1 Å². The van der Waals surface area contributed by atoms with Crippen molar-refractivity contribution < 1.29 is 24.5 Å². The van der Waals surface area contributed by atoms with Gasteiger partial charge in [-0.05, 0) is 27.2 Å². The van der Waals surface area contributed by atoms with E-state index in [1.165, 1.54) is 4.90 Å². The summed E-state index contributed by atoms with van der Waals surface area (Å²) in [5.74, 6) is -2.02. The summed E-state index contributed by atoms with van der Waals surface area (Å²) in [6, 6.07) is 0. The number of carbonyl (C=O) groups is 2. The molecule has 0 saturated carbocycles. The van der Waals surface area contributed by atoms with Gasteiger partial charge in [0.05, 0.1) is 6.54 Å². The van der Waals surface area contributed by atoms with Gasteiger partial charge in [0, 0.05) is 17.8 Å². The van der Waals surface area contributed by atoms with Crippen molar-refractivity contribution in [3.05, 3.63) is 27.2 Å². The predicted octanol–water partition coefficient (Wildman–Crippen LogP) is 1.07. The van der Waals surface area contributed by atoms with Crippen LogP contribution in [0.15, 0.2) is 4.79 Å². The Kier molecular flexibility index (Phi) is 3.87. The second-order valence-corrected chi connectivity index (χ2v) is 6.09. The van der Waals surface area contributed by atoms with Crippen molar-refractivity contribution in [3.8, 4) is 5.75 Å². The summed E-state index contributed by atoms with van der Waals surface area (Å²) < 4.78 is 5.25. The van der Waals surface area contributed by atoms with E-state index in [1.54, 1.807) is 20.8 Å². The van der Waals surface area contributed by atoms with Gasteiger partial charge in [-0.3, -0.25) is 4.79 Å². The molecule has 8 nitrogen and oxygen atoms in total. The molecule has 1 aromatic heterocycles. The molecule has 1 amide bonds. The third-order valence-corrected chi connectivity index (χ3v) is 3.22. The second kappa shape index (κ2) is 5.36. The van der Waals surface area contributed by atoms with E-state index in [9.17, 15) is 19.5 Å². The van der Waals surface area contributed by atoms with Gasteiger partial charge in [-0.1, -0.05) is 0 Å². The second-order valence-electron chi connectivity index (χ2n) is 6.09. The zero-order valence-corrected chi connectivity index (χ0v) is 12.6. The van der Waals surface area contributed by atoms with Gasteiger partial charge >= 0.3 is 12.1 Å². The summed E-state index contributed by atoms with van der Waals surface area (Å²) >= 11 is 0. The Labute approximate surface area is 126 Å². The van der Waals surface area contributed by atoms with Crippen LogP contribution in [0.5, 0.6) is 5.75 Å². The van der Waals surface area contributed by atoms with E-state index in [-0.39, 0.29) is 19.5 Å².